The average molecular weight is 383 g/mol. The molecule has 2 atom stereocenters. The zero-order chi connectivity index (χ0) is 20.1. The van der Waals surface area contributed by atoms with E-state index in [0.717, 1.165) is 25.0 Å². The molecule has 0 heterocycles. The van der Waals surface area contributed by atoms with Gasteiger partial charge in [-0.3, -0.25) is 9.59 Å². The third-order valence-corrected chi connectivity index (χ3v) is 5.96. The van der Waals surface area contributed by atoms with Crippen LogP contribution in [0.1, 0.15) is 49.4 Å². The Morgan fingerprint density at radius 2 is 1.71 bits per heavy atom. The van der Waals surface area contributed by atoms with Gasteiger partial charge >= 0.3 is 0 Å². The number of carbonyl (C=O) groups is 2. The number of hydrogen-bond donors (Lipinski definition) is 1. The fraction of sp³-hybridized carbons (Fsp3) is 0.478. The van der Waals surface area contributed by atoms with E-state index in [9.17, 15) is 9.59 Å². The summed E-state index contributed by atoms with van der Waals surface area (Å²) in [6, 6.07) is 7.12. The molecule has 2 aliphatic carbocycles. The van der Waals surface area contributed by atoms with Gasteiger partial charge in [0.1, 0.15) is 11.3 Å². The molecule has 150 valence electrons. The minimum Gasteiger partial charge on any atom is -0.501 e. The number of ketones is 1. The minimum absolute atomic E-state index is 0.0156. The highest BCUT2D eigenvalue weighted by Gasteiger charge is 2.43. The highest BCUT2D eigenvalue weighted by atomic mass is 16.5. The van der Waals surface area contributed by atoms with Crippen molar-refractivity contribution >= 4 is 11.7 Å². The first kappa shape index (κ1) is 20.2. The molecule has 2 unspecified atom stereocenters. The summed E-state index contributed by atoms with van der Waals surface area (Å²) in [5.74, 6) is 0.947. The van der Waals surface area contributed by atoms with Crippen molar-refractivity contribution in [1.82, 2.24) is 5.32 Å². The minimum atomic E-state index is -0.841. The van der Waals surface area contributed by atoms with Crippen LogP contribution in [0, 0.1) is 11.8 Å². The number of hydrogen-bond acceptors (Lipinski definition) is 4. The molecule has 1 fully saturated rings. The molecule has 0 radical (unpaired) electrons. The third kappa shape index (κ3) is 3.98. The van der Waals surface area contributed by atoms with Crippen molar-refractivity contribution in [1.29, 1.82) is 0 Å². The molecule has 5 heteroatoms. The smallest absolute Gasteiger partial charge is 0.228 e. The van der Waals surface area contributed by atoms with Gasteiger partial charge in [0.15, 0.2) is 5.78 Å². The Labute approximate surface area is 166 Å². The Hall–Kier alpha value is -2.56. The molecule has 2 aliphatic rings. The lowest BCUT2D eigenvalue weighted by Gasteiger charge is -2.38. The van der Waals surface area contributed by atoms with E-state index in [1.54, 1.807) is 38.5 Å². The predicted octanol–water partition coefficient (Wildman–Crippen LogP) is 4.05. The van der Waals surface area contributed by atoms with Crippen LogP contribution in [0.5, 0.6) is 5.75 Å². The van der Waals surface area contributed by atoms with Gasteiger partial charge in [-0.05, 0) is 43.2 Å². The maximum Gasteiger partial charge on any atom is 0.228 e. The molecule has 0 bridgehead atoms. The van der Waals surface area contributed by atoms with Crippen molar-refractivity contribution in [2.45, 2.75) is 44.6 Å². The number of rotatable bonds is 6. The molecule has 0 saturated heterocycles. The van der Waals surface area contributed by atoms with E-state index in [2.05, 4.69) is 5.32 Å². The molecule has 3 rings (SSSR count). The Morgan fingerprint density at radius 3 is 2.32 bits per heavy atom. The van der Waals surface area contributed by atoms with Crippen molar-refractivity contribution in [3.63, 3.8) is 0 Å². The number of ether oxygens (including phenoxy) is 2. The van der Waals surface area contributed by atoms with Crippen LogP contribution in [0.25, 0.3) is 0 Å². The maximum atomic E-state index is 13.4. The van der Waals surface area contributed by atoms with E-state index in [1.165, 1.54) is 0 Å². The molecule has 1 aromatic carbocycles. The molecule has 0 spiro atoms. The third-order valence-electron chi connectivity index (χ3n) is 5.96. The Morgan fingerprint density at radius 1 is 1.04 bits per heavy atom. The van der Waals surface area contributed by atoms with Gasteiger partial charge < -0.3 is 14.8 Å². The largest absolute Gasteiger partial charge is 0.501 e. The lowest BCUT2D eigenvalue weighted by atomic mass is 9.75. The second-order valence-electron chi connectivity index (χ2n) is 7.66. The number of Topliss-reactive ketones (excluding diaryl/α,β-unsaturated/α-hetero) is 1. The second-order valence-corrected chi connectivity index (χ2v) is 7.66. The SMILES string of the molecule is COC1=CC=CC(C(=O)NC2(C(=O)c3ccc(OC)cc3)CCCCC2)C1C. The number of methoxy groups -OCH3 is 2. The first-order valence-corrected chi connectivity index (χ1v) is 9.94. The highest BCUT2D eigenvalue weighted by Crippen LogP contribution is 2.34. The van der Waals surface area contributed by atoms with Crippen LogP contribution in [0.2, 0.25) is 0 Å². The Balaban J connectivity index is 1.83. The van der Waals surface area contributed by atoms with E-state index in [-0.39, 0.29) is 23.5 Å². The average Bonchev–Trinajstić information content (AvgIpc) is 2.74. The fourth-order valence-corrected chi connectivity index (χ4v) is 4.24. The van der Waals surface area contributed by atoms with E-state index in [0.29, 0.717) is 24.2 Å². The number of carbonyl (C=O) groups excluding carboxylic acids is 2. The number of allylic oxidation sites excluding steroid dienone is 3. The monoisotopic (exact) mass is 383 g/mol. The Bertz CT molecular complexity index is 772. The summed E-state index contributed by atoms with van der Waals surface area (Å²) < 4.78 is 10.6. The normalized spacial score (nSPS) is 23.5. The van der Waals surface area contributed by atoms with E-state index < -0.39 is 5.54 Å². The van der Waals surface area contributed by atoms with Crippen LogP contribution in [0.15, 0.2) is 48.3 Å². The van der Waals surface area contributed by atoms with Gasteiger partial charge in [0.2, 0.25) is 5.91 Å². The van der Waals surface area contributed by atoms with Crippen molar-refractivity contribution in [3.05, 3.63) is 53.8 Å². The van der Waals surface area contributed by atoms with Gasteiger partial charge in [0, 0.05) is 11.5 Å². The number of amides is 1. The standard InChI is InChI=1S/C23H29NO4/c1-16-19(8-7-9-20(16)28-3)22(26)24-23(14-5-4-6-15-23)21(25)17-10-12-18(27-2)13-11-17/h7-13,16,19H,4-6,14-15H2,1-3H3,(H,24,26). The predicted molar refractivity (Wildman–Crippen MR) is 108 cm³/mol. The van der Waals surface area contributed by atoms with Crippen molar-refractivity contribution in [2.75, 3.05) is 14.2 Å². The van der Waals surface area contributed by atoms with Gasteiger partial charge in [0.25, 0.3) is 0 Å². The quantitative estimate of drug-likeness (QED) is 0.753. The van der Waals surface area contributed by atoms with Gasteiger partial charge in [0.05, 0.1) is 25.9 Å². The summed E-state index contributed by atoms with van der Waals surface area (Å²) in [6.45, 7) is 1.97. The topological polar surface area (TPSA) is 64.6 Å². The van der Waals surface area contributed by atoms with Gasteiger partial charge in [-0.25, -0.2) is 0 Å². The lowest BCUT2D eigenvalue weighted by Crippen LogP contribution is -2.57. The molecular formula is C23H29NO4. The van der Waals surface area contributed by atoms with Crippen LogP contribution in [0.3, 0.4) is 0 Å². The van der Waals surface area contributed by atoms with Crippen LogP contribution < -0.4 is 10.1 Å². The second kappa shape index (κ2) is 8.63. The molecule has 0 aromatic heterocycles. The number of benzene rings is 1. The first-order valence-electron chi connectivity index (χ1n) is 9.94. The lowest BCUT2D eigenvalue weighted by molar-refractivity contribution is -0.126. The van der Waals surface area contributed by atoms with Gasteiger partial charge in [-0.15, -0.1) is 0 Å². The molecule has 1 saturated carbocycles. The number of nitrogens with one attached hydrogen (secondary N) is 1. The molecule has 1 aromatic rings. The fourth-order valence-electron chi connectivity index (χ4n) is 4.24. The summed E-state index contributed by atoms with van der Waals surface area (Å²) in [7, 11) is 3.22. The molecule has 0 aliphatic heterocycles. The van der Waals surface area contributed by atoms with E-state index in [1.807, 2.05) is 25.2 Å². The van der Waals surface area contributed by atoms with E-state index >= 15 is 0 Å². The summed E-state index contributed by atoms with van der Waals surface area (Å²) in [5, 5.41) is 3.15. The molecular weight excluding hydrogens is 354 g/mol. The van der Waals surface area contributed by atoms with Gasteiger partial charge in [-0.2, -0.15) is 0 Å². The van der Waals surface area contributed by atoms with Crippen LogP contribution in [-0.4, -0.2) is 31.4 Å². The van der Waals surface area contributed by atoms with Crippen molar-refractivity contribution in [2.24, 2.45) is 11.8 Å². The summed E-state index contributed by atoms with van der Waals surface area (Å²) in [5.41, 5.74) is -0.237. The van der Waals surface area contributed by atoms with Crippen LogP contribution in [-0.2, 0) is 9.53 Å². The highest BCUT2D eigenvalue weighted by molar-refractivity contribution is 6.05. The van der Waals surface area contributed by atoms with Crippen molar-refractivity contribution < 1.29 is 19.1 Å². The maximum absolute atomic E-state index is 13.4. The summed E-state index contributed by atoms with van der Waals surface area (Å²) >= 11 is 0. The molecule has 1 amide bonds. The van der Waals surface area contributed by atoms with Crippen LogP contribution >= 0.6 is 0 Å². The zero-order valence-corrected chi connectivity index (χ0v) is 16.9. The summed E-state index contributed by atoms with van der Waals surface area (Å²) in [6.07, 6.45) is 9.90. The Kier molecular flexibility index (Phi) is 6.22. The first-order chi connectivity index (χ1) is 13.5. The molecule has 5 nitrogen and oxygen atoms in total. The van der Waals surface area contributed by atoms with Gasteiger partial charge in [-0.1, -0.05) is 38.3 Å². The zero-order valence-electron chi connectivity index (χ0n) is 16.9. The van der Waals surface area contributed by atoms with Crippen LogP contribution in [0.4, 0.5) is 0 Å². The molecule has 1 N–H and O–H groups in total. The van der Waals surface area contributed by atoms with E-state index in [4.69, 9.17) is 9.47 Å². The summed E-state index contributed by atoms with van der Waals surface area (Å²) in [4.78, 5) is 26.6. The molecule has 28 heavy (non-hydrogen) atoms. The van der Waals surface area contributed by atoms with Crippen molar-refractivity contribution in [3.8, 4) is 5.75 Å².